The second kappa shape index (κ2) is 24.1. The number of halogens is 10. The SMILES string of the molecule is Cc1ccc([S+](c2ccc(C)cc2)c2cccc(C(F)(F)F)c2)cc1.Cc1ccc([S+](c2ccc(C)cc2)c2cccc(F)c2)cc1.FC(F)(F)c1cccc([S+](c2ccccc2)c2cccc(C(F)(F)F)c2)c1. The second-order valence-electron chi connectivity index (χ2n) is 17.0. The summed E-state index contributed by atoms with van der Waals surface area (Å²) in [6.45, 7) is 8.15. The second-order valence-corrected chi connectivity index (χ2v) is 23.1. The molecule has 9 aromatic carbocycles. The number of alkyl halides is 9. The van der Waals surface area contributed by atoms with Crippen LogP contribution in [0.2, 0.25) is 0 Å². The fourth-order valence-corrected chi connectivity index (χ4v) is 13.8. The molecule has 0 heterocycles. The Balaban J connectivity index is 0.000000163. The van der Waals surface area contributed by atoms with Gasteiger partial charge in [-0.05, 0) is 137 Å². The average molecular weight is 1070 g/mol. The summed E-state index contributed by atoms with van der Waals surface area (Å²) in [5.41, 5.74) is 2.44. The molecule has 0 bridgehead atoms. The van der Waals surface area contributed by atoms with E-state index in [2.05, 4.69) is 62.4 Å². The van der Waals surface area contributed by atoms with Gasteiger partial charge in [0.1, 0.15) is 5.82 Å². The van der Waals surface area contributed by atoms with E-state index in [0.717, 1.165) is 56.1 Å². The van der Waals surface area contributed by atoms with Gasteiger partial charge in [-0.1, -0.05) is 113 Å². The molecule has 378 valence electrons. The Morgan fingerprint density at radius 1 is 0.243 bits per heavy atom. The summed E-state index contributed by atoms with van der Waals surface area (Å²) in [5, 5.41) is 0. The van der Waals surface area contributed by atoms with Crippen molar-refractivity contribution in [2.24, 2.45) is 0 Å². The quantitative estimate of drug-likeness (QED) is 0.0998. The standard InChI is InChI=1S/C21H18F3S.C20H13F6S.C20H18FS/c1-15-6-10-18(11-7-15)25(19-12-8-16(2)9-13-19)20-5-3-4-17(14-20)21(22,23)24;21-19(22,23)14-6-4-10-17(12-14)27(16-8-2-1-3-9-16)18-11-5-7-15(13-18)20(24,25)26;1-15-6-10-18(11-7-15)22(19-12-8-16(2)9-13-19)20-5-3-4-17(21)14-20/h3-14H,1-2H3;1-13H;3-14H,1-2H3/q3*+1. The van der Waals surface area contributed by atoms with Crippen molar-refractivity contribution in [2.45, 2.75) is 90.3 Å². The van der Waals surface area contributed by atoms with E-state index in [1.807, 2.05) is 68.4 Å². The molecule has 9 aromatic rings. The smallest absolute Gasteiger partial charge is 0.207 e. The van der Waals surface area contributed by atoms with E-state index in [4.69, 9.17) is 0 Å². The molecule has 74 heavy (non-hydrogen) atoms. The summed E-state index contributed by atoms with van der Waals surface area (Å²) in [5.74, 6) is -0.186. The van der Waals surface area contributed by atoms with Crippen molar-refractivity contribution in [3.05, 3.63) is 269 Å². The Hall–Kier alpha value is -6.67. The van der Waals surface area contributed by atoms with Crippen LogP contribution in [0.5, 0.6) is 0 Å². The molecular weight excluding hydrogens is 1020 g/mol. The maximum atomic E-state index is 13.7. The predicted octanol–water partition coefficient (Wildman–Crippen LogP) is 18.8. The summed E-state index contributed by atoms with van der Waals surface area (Å²) in [6, 6.07) is 63.6. The van der Waals surface area contributed by atoms with Crippen molar-refractivity contribution in [3.63, 3.8) is 0 Å². The largest absolute Gasteiger partial charge is 0.416 e. The van der Waals surface area contributed by atoms with Gasteiger partial charge >= 0.3 is 18.5 Å². The highest BCUT2D eigenvalue weighted by Gasteiger charge is 2.38. The summed E-state index contributed by atoms with van der Waals surface area (Å²) in [4.78, 5) is 7.35. The molecule has 0 aliphatic heterocycles. The lowest BCUT2D eigenvalue weighted by molar-refractivity contribution is -0.138. The van der Waals surface area contributed by atoms with Crippen molar-refractivity contribution < 1.29 is 43.9 Å². The Morgan fingerprint density at radius 2 is 0.473 bits per heavy atom. The fraction of sp³-hybridized carbons (Fsp3) is 0.115. The molecule has 0 fully saturated rings. The highest BCUT2D eigenvalue weighted by Crippen LogP contribution is 2.40. The summed E-state index contributed by atoms with van der Waals surface area (Å²) < 4.78 is 132. The van der Waals surface area contributed by atoms with Crippen molar-refractivity contribution in [3.8, 4) is 0 Å². The zero-order chi connectivity index (χ0) is 53.2. The molecule has 0 atom stereocenters. The maximum Gasteiger partial charge on any atom is 0.416 e. The molecule has 0 spiro atoms. The molecular formula is C61H49F10S3+3. The topological polar surface area (TPSA) is 0 Å². The zero-order valence-electron chi connectivity index (χ0n) is 40.4. The van der Waals surface area contributed by atoms with Gasteiger partial charge in [0.15, 0.2) is 44.1 Å². The number of benzene rings is 9. The molecule has 0 saturated heterocycles. The minimum absolute atomic E-state index is 0.186. The number of hydrogen-bond acceptors (Lipinski definition) is 0. The van der Waals surface area contributed by atoms with Gasteiger partial charge in [0.05, 0.1) is 49.4 Å². The molecule has 0 aliphatic rings. The summed E-state index contributed by atoms with van der Waals surface area (Å²) in [6.07, 6.45) is -13.4. The number of hydrogen-bond donors (Lipinski definition) is 0. The molecule has 0 radical (unpaired) electrons. The lowest BCUT2D eigenvalue weighted by Crippen LogP contribution is -2.11. The van der Waals surface area contributed by atoms with Gasteiger partial charge in [0, 0.05) is 24.3 Å². The van der Waals surface area contributed by atoms with E-state index in [-0.39, 0.29) is 16.7 Å². The molecule has 0 amide bonds. The molecule has 0 aromatic heterocycles. The third-order valence-electron chi connectivity index (χ3n) is 11.2. The summed E-state index contributed by atoms with van der Waals surface area (Å²) >= 11 is 0. The molecule has 0 nitrogen and oxygen atoms in total. The van der Waals surface area contributed by atoms with Gasteiger partial charge in [0.25, 0.3) is 0 Å². The highest BCUT2D eigenvalue weighted by molar-refractivity contribution is 7.97. The van der Waals surface area contributed by atoms with Crippen LogP contribution >= 0.6 is 0 Å². The maximum absolute atomic E-state index is 13.7. The van der Waals surface area contributed by atoms with Crippen molar-refractivity contribution in [1.29, 1.82) is 0 Å². The average Bonchev–Trinajstić information content (AvgIpc) is 3.37. The third-order valence-corrected chi connectivity index (χ3v) is 17.8. The normalized spacial score (nSPS) is 11.7. The van der Waals surface area contributed by atoms with Gasteiger partial charge in [-0.25, -0.2) is 4.39 Å². The van der Waals surface area contributed by atoms with Crippen LogP contribution in [0.3, 0.4) is 0 Å². The van der Waals surface area contributed by atoms with Crippen molar-refractivity contribution in [1.82, 2.24) is 0 Å². The molecule has 0 aliphatic carbocycles. The van der Waals surface area contributed by atoms with Crippen LogP contribution in [0.1, 0.15) is 38.9 Å². The predicted molar refractivity (Wildman–Crippen MR) is 278 cm³/mol. The zero-order valence-corrected chi connectivity index (χ0v) is 42.8. The first kappa shape index (κ1) is 55.1. The molecule has 0 saturated carbocycles. The van der Waals surface area contributed by atoms with Gasteiger partial charge in [-0.15, -0.1) is 0 Å². The Kier molecular flexibility index (Phi) is 18.0. The molecule has 0 N–H and O–H groups in total. The fourth-order valence-electron chi connectivity index (χ4n) is 7.47. The lowest BCUT2D eigenvalue weighted by Gasteiger charge is -2.12. The third kappa shape index (κ3) is 14.8. The van der Waals surface area contributed by atoms with Gasteiger partial charge in [-0.3, -0.25) is 0 Å². The number of aryl methyl sites for hydroxylation is 4. The minimum Gasteiger partial charge on any atom is -0.207 e. The Labute approximate surface area is 433 Å². The first-order chi connectivity index (χ1) is 35.1. The lowest BCUT2D eigenvalue weighted by atomic mass is 10.2. The van der Waals surface area contributed by atoms with Crippen molar-refractivity contribution >= 4 is 32.7 Å². The molecule has 13 heteroatoms. The van der Waals surface area contributed by atoms with E-state index in [0.29, 0.717) is 19.6 Å². The van der Waals surface area contributed by atoms with Crippen LogP contribution in [0.15, 0.2) is 269 Å². The van der Waals surface area contributed by atoms with Crippen LogP contribution in [-0.4, -0.2) is 0 Å². The van der Waals surface area contributed by atoms with Crippen LogP contribution in [0, 0.1) is 33.5 Å². The van der Waals surface area contributed by atoms with E-state index < -0.39 is 57.0 Å². The van der Waals surface area contributed by atoms with E-state index >= 15 is 0 Å². The van der Waals surface area contributed by atoms with Gasteiger partial charge in [0.2, 0.25) is 0 Å². The highest BCUT2D eigenvalue weighted by atomic mass is 32.2. The first-order valence-corrected chi connectivity index (χ1v) is 26.6. The molecule has 9 rings (SSSR count). The van der Waals surface area contributed by atoms with Crippen LogP contribution in [-0.2, 0) is 51.2 Å². The first-order valence-electron chi connectivity index (χ1n) is 23.0. The van der Waals surface area contributed by atoms with E-state index in [1.165, 1.54) is 63.4 Å². The van der Waals surface area contributed by atoms with Crippen molar-refractivity contribution in [2.75, 3.05) is 0 Å². The minimum atomic E-state index is -4.53. The van der Waals surface area contributed by atoms with E-state index in [9.17, 15) is 43.9 Å². The molecule has 0 unspecified atom stereocenters. The number of rotatable bonds is 9. The Morgan fingerprint density at radius 3 is 0.743 bits per heavy atom. The Bertz CT molecular complexity index is 3080. The van der Waals surface area contributed by atoms with Crippen LogP contribution in [0.25, 0.3) is 0 Å². The monoisotopic (exact) mass is 1070 g/mol. The summed E-state index contributed by atoms with van der Waals surface area (Å²) in [7, 11) is -1.96. The van der Waals surface area contributed by atoms with Gasteiger partial charge < -0.3 is 0 Å². The van der Waals surface area contributed by atoms with Gasteiger partial charge in [-0.2, -0.15) is 39.5 Å². The van der Waals surface area contributed by atoms with Crippen LogP contribution < -0.4 is 0 Å². The van der Waals surface area contributed by atoms with Crippen LogP contribution in [0.4, 0.5) is 43.9 Å². The van der Waals surface area contributed by atoms with E-state index in [1.54, 1.807) is 48.5 Å².